The second kappa shape index (κ2) is 4.26. The number of nitrogens with one attached hydrogen (secondary N) is 1. The quantitative estimate of drug-likeness (QED) is 0.414. The Morgan fingerprint density at radius 2 is 2.29 bits per heavy atom. The Bertz CT molecular complexity index is 331. The maximum atomic E-state index is 11.2. The van der Waals surface area contributed by atoms with E-state index in [0.717, 1.165) is 5.76 Å². The summed E-state index contributed by atoms with van der Waals surface area (Å²) in [6, 6.07) is 1.71. The summed E-state index contributed by atoms with van der Waals surface area (Å²) >= 11 is 0. The Morgan fingerprint density at radius 3 is 2.79 bits per heavy atom. The van der Waals surface area contributed by atoms with Gasteiger partial charge in [-0.25, -0.2) is 5.84 Å². The second-order valence-corrected chi connectivity index (χ2v) is 3.39. The number of amides is 1. The topological polar surface area (TPSA) is 71.5 Å². The number of hydrazine groups is 1. The lowest BCUT2D eigenvalue weighted by Gasteiger charge is -2.05. The number of aryl methyl sites for hydroxylation is 1. The van der Waals surface area contributed by atoms with E-state index in [9.17, 15) is 4.79 Å². The van der Waals surface area contributed by atoms with Crippen molar-refractivity contribution in [2.75, 3.05) is 14.1 Å². The van der Waals surface area contributed by atoms with Gasteiger partial charge in [-0.1, -0.05) is 0 Å². The molecule has 0 aliphatic carbocycles. The second-order valence-electron chi connectivity index (χ2n) is 3.39. The van der Waals surface area contributed by atoms with E-state index in [1.165, 1.54) is 0 Å². The van der Waals surface area contributed by atoms with Crippen LogP contribution in [0.1, 0.15) is 21.9 Å². The molecule has 5 heteroatoms. The number of rotatable bonds is 3. The Kier molecular flexibility index (Phi) is 3.27. The molecule has 0 radical (unpaired) electrons. The highest BCUT2D eigenvalue weighted by atomic mass is 16.3. The first-order chi connectivity index (χ1) is 6.54. The Hall–Kier alpha value is -1.33. The lowest BCUT2D eigenvalue weighted by Crippen LogP contribution is -2.30. The zero-order chi connectivity index (χ0) is 10.7. The van der Waals surface area contributed by atoms with Crippen molar-refractivity contribution >= 4 is 5.91 Å². The first kappa shape index (κ1) is 10.7. The molecule has 0 fully saturated rings. The van der Waals surface area contributed by atoms with Crippen molar-refractivity contribution in [3.8, 4) is 0 Å². The van der Waals surface area contributed by atoms with E-state index < -0.39 is 0 Å². The van der Waals surface area contributed by atoms with Gasteiger partial charge in [0.25, 0.3) is 5.91 Å². The van der Waals surface area contributed by atoms with Gasteiger partial charge in [-0.2, -0.15) is 0 Å². The van der Waals surface area contributed by atoms with Gasteiger partial charge in [0.2, 0.25) is 0 Å². The summed E-state index contributed by atoms with van der Waals surface area (Å²) in [6.07, 6.45) is 0. The van der Waals surface area contributed by atoms with Gasteiger partial charge >= 0.3 is 0 Å². The number of nitrogens with zero attached hydrogens (tertiary/aromatic N) is 1. The monoisotopic (exact) mass is 197 g/mol. The van der Waals surface area contributed by atoms with Crippen molar-refractivity contribution < 1.29 is 9.21 Å². The molecule has 1 aromatic heterocycles. The van der Waals surface area contributed by atoms with E-state index in [-0.39, 0.29) is 5.91 Å². The highest BCUT2D eigenvalue weighted by Gasteiger charge is 2.13. The van der Waals surface area contributed by atoms with Gasteiger partial charge in [0.05, 0.1) is 12.1 Å². The van der Waals surface area contributed by atoms with Crippen LogP contribution in [0, 0.1) is 6.92 Å². The molecule has 3 N–H and O–H groups in total. The van der Waals surface area contributed by atoms with Crippen LogP contribution in [-0.4, -0.2) is 24.9 Å². The molecule has 0 bridgehead atoms. The first-order valence-corrected chi connectivity index (χ1v) is 4.29. The molecule has 0 unspecified atom stereocenters. The third-order valence-corrected chi connectivity index (χ3v) is 1.82. The molecular formula is C9H15N3O2. The summed E-state index contributed by atoms with van der Waals surface area (Å²) in [5.41, 5.74) is 2.57. The van der Waals surface area contributed by atoms with Crippen LogP contribution in [0.3, 0.4) is 0 Å². The summed E-state index contributed by atoms with van der Waals surface area (Å²) in [4.78, 5) is 13.2. The molecule has 0 aliphatic heterocycles. The average Bonchev–Trinajstić information content (AvgIpc) is 2.44. The maximum Gasteiger partial charge on any atom is 0.268 e. The molecule has 5 nitrogen and oxygen atoms in total. The van der Waals surface area contributed by atoms with Crippen LogP contribution in [0.2, 0.25) is 0 Å². The number of carbonyl (C=O) groups is 1. The Morgan fingerprint density at radius 1 is 1.64 bits per heavy atom. The SMILES string of the molecule is Cc1oc(CN(C)C)cc1C(=O)NN. The van der Waals surface area contributed by atoms with Crippen LogP contribution < -0.4 is 11.3 Å². The largest absolute Gasteiger partial charge is 0.464 e. The molecule has 14 heavy (non-hydrogen) atoms. The van der Waals surface area contributed by atoms with Crippen molar-refractivity contribution in [3.05, 3.63) is 23.2 Å². The van der Waals surface area contributed by atoms with Crippen molar-refractivity contribution in [2.24, 2.45) is 5.84 Å². The van der Waals surface area contributed by atoms with Gasteiger partial charge in [0.15, 0.2) is 0 Å². The summed E-state index contributed by atoms with van der Waals surface area (Å²) in [5.74, 6) is 6.05. The zero-order valence-corrected chi connectivity index (χ0v) is 8.63. The van der Waals surface area contributed by atoms with E-state index in [2.05, 4.69) is 5.43 Å². The molecule has 1 amide bonds. The van der Waals surface area contributed by atoms with E-state index in [1.807, 2.05) is 19.0 Å². The van der Waals surface area contributed by atoms with Crippen molar-refractivity contribution in [3.63, 3.8) is 0 Å². The van der Waals surface area contributed by atoms with E-state index in [1.54, 1.807) is 13.0 Å². The first-order valence-electron chi connectivity index (χ1n) is 4.29. The van der Waals surface area contributed by atoms with Gasteiger partial charge < -0.3 is 9.32 Å². The number of nitrogens with two attached hydrogens (primary N) is 1. The van der Waals surface area contributed by atoms with Gasteiger partial charge in [-0.15, -0.1) is 0 Å². The molecule has 1 aromatic rings. The summed E-state index contributed by atoms with van der Waals surface area (Å²) < 4.78 is 5.39. The van der Waals surface area contributed by atoms with Crippen molar-refractivity contribution in [1.82, 2.24) is 10.3 Å². The minimum atomic E-state index is -0.323. The van der Waals surface area contributed by atoms with E-state index in [4.69, 9.17) is 10.3 Å². The highest BCUT2D eigenvalue weighted by molar-refractivity contribution is 5.94. The molecular weight excluding hydrogens is 182 g/mol. The molecule has 0 atom stereocenters. The molecule has 0 aliphatic rings. The van der Waals surface area contributed by atoms with Crippen molar-refractivity contribution in [1.29, 1.82) is 0 Å². The van der Waals surface area contributed by atoms with Crippen LogP contribution in [0.15, 0.2) is 10.5 Å². The smallest absolute Gasteiger partial charge is 0.268 e. The fourth-order valence-electron chi connectivity index (χ4n) is 1.24. The molecule has 0 saturated carbocycles. The predicted octanol–water partition coefficient (Wildman–Crippen LogP) is 0.253. The predicted molar refractivity (Wildman–Crippen MR) is 52.5 cm³/mol. The lowest BCUT2D eigenvalue weighted by atomic mass is 10.2. The fraction of sp³-hybridized carbons (Fsp3) is 0.444. The maximum absolute atomic E-state index is 11.2. The molecule has 1 rings (SSSR count). The van der Waals surface area contributed by atoms with Crippen LogP contribution in [-0.2, 0) is 6.54 Å². The van der Waals surface area contributed by atoms with Gasteiger partial charge in [-0.05, 0) is 27.1 Å². The lowest BCUT2D eigenvalue weighted by molar-refractivity contribution is 0.0952. The summed E-state index contributed by atoms with van der Waals surface area (Å²) in [6.45, 7) is 2.41. The molecule has 0 spiro atoms. The van der Waals surface area contributed by atoms with Crippen LogP contribution in [0.5, 0.6) is 0 Å². The van der Waals surface area contributed by atoms with Crippen molar-refractivity contribution in [2.45, 2.75) is 13.5 Å². The fourth-order valence-corrected chi connectivity index (χ4v) is 1.24. The molecule has 0 aromatic carbocycles. The number of hydrogen-bond acceptors (Lipinski definition) is 4. The number of furan rings is 1. The molecule has 1 heterocycles. The van der Waals surface area contributed by atoms with E-state index >= 15 is 0 Å². The van der Waals surface area contributed by atoms with Crippen LogP contribution in [0.4, 0.5) is 0 Å². The third-order valence-electron chi connectivity index (χ3n) is 1.82. The van der Waals surface area contributed by atoms with Gasteiger partial charge in [0, 0.05) is 0 Å². The van der Waals surface area contributed by atoms with E-state index in [0.29, 0.717) is 17.9 Å². The number of nitrogen functional groups attached to an aromatic ring is 1. The number of carbonyl (C=O) groups excluding carboxylic acids is 1. The van der Waals surface area contributed by atoms with Crippen LogP contribution in [0.25, 0.3) is 0 Å². The van der Waals surface area contributed by atoms with Gasteiger partial charge in [0.1, 0.15) is 11.5 Å². The Labute approximate surface area is 82.8 Å². The normalized spacial score (nSPS) is 10.6. The standard InChI is InChI=1S/C9H15N3O2/c1-6-8(9(13)11-10)4-7(14-6)5-12(2)3/h4H,5,10H2,1-3H3,(H,11,13). The zero-order valence-electron chi connectivity index (χ0n) is 8.63. The summed E-state index contributed by atoms with van der Waals surface area (Å²) in [7, 11) is 3.86. The molecule has 78 valence electrons. The average molecular weight is 197 g/mol. The Balaban J connectivity index is 2.87. The third kappa shape index (κ3) is 2.34. The summed E-state index contributed by atoms with van der Waals surface area (Å²) in [5, 5.41) is 0. The minimum Gasteiger partial charge on any atom is -0.464 e. The van der Waals surface area contributed by atoms with Crippen LogP contribution >= 0.6 is 0 Å². The molecule has 0 saturated heterocycles. The highest BCUT2D eigenvalue weighted by Crippen LogP contribution is 2.15. The van der Waals surface area contributed by atoms with Gasteiger partial charge in [-0.3, -0.25) is 10.2 Å². The number of hydrogen-bond donors (Lipinski definition) is 2. The minimum absolute atomic E-state index is 0.323.